The van der Waals surface area contributed by atoms with Crippen molar-refractivity contribution >= 4 is 27.8 Å². The predicted molar refractivity (Wildman–Crippen MR) is 57.9 cm³/mol. The van der Waals surface area contributed by atoms with Crippen LogP contribution in [0.5, 0.6) is 0 Å². The van der Waals surface area contributed by atoms with Gasteiger partial charge >= 0.3 is 5.97 Å². The summed E-state index contributed by atoms with van der Waals surface area (Å²) < 4.78 is 0.570. The summed E-state index contributed by atoms with van der Waals surface area (Å²) in [6.45, 7) is -0.662. The molecular weight excluding hydrogens is 280 g/mol. The second kappa shape index (κ2) is 5.57. The van der Waals surface area contributed by atoms with Crippen LogP contribution in [0.2, 0.25) is 0 Å². The Labute approximate surface area is 99.4 Å². The number of carboxylic acids is 1. The predicted octanol–water partition coefficient (Wildman–Crippen LogP) is 0.0194. The second-order valence-electron chi connectivity index (χ2n) is 2.92. The number of halogens is 1. The van der Waals surface area contributed by atoms with Gasteiger partial charge in [0.25, 0.3) is 5.91 Å². The van der Waals surface area contributed by atoms with Crippen LogP contribution < -0.4 is 5.32 Å². The Morgan fingerprint density at radius 1 is 1.50 bits per heavy atom. The summed E-state index contributed by atoms with van der Waals surface area (Å²) >= 11 is 3.11. The summed E-state index contributed by atoms with van der Waals surface area (Å²) in [5.74, 6) is -1.89. The monoisotopic (exact) mass is 288 g/mol. The van der Waals surface area contributed by atoms with Gasteiger partial charge in [0.15, 0.2) is 6.04 Å². The van der Waals surface area contributed by atoms with Crippen LogP contribution in [0.25, 0.3) is 0 Å². The van der Waals surface area contributed by atoms with Crippen molar-refractivity contribution in [2.45, 2.75) is 6.04 Å². The lowest BCUT2D eigenvalue weighted by molar-refractivity contribution is -0.140. The topological polar surface area (TPSA) is 99.5 Å². The molecule has 3 N–H and O–H groups in total. The van der Waals surface area contributed by atoms with Gasteiger partial charge in [0, 0.05) is 6.20 Å². The number of aliphatic hydroxyl groups excluding tert-OH is 1. The van der Waals surface area contributed by atoms with Gasteiger partial charge < -0.3 is 15.5 Å². The zero-order valence-electron chi connectivity index (χ0n) is 8.05. The van der Waals surface area contributed by atoms with Gasteiger partial charge in [-0.2, -0.15) is 0 Å². The number of hydrogen-bond acceptors (Lipinski definition) is 4. The number of carbonyl (C=O) groups excluding carboxylic acids is 1. The van der Waals surface area contributed by atoms with Crippen LogP contribution in [0.1, 0.15) is 10.4 Å². The molecule has 0 aliphatic rings. The molecule has 0 aliphatic carbocycles. The molecule has 0 aromatic carbocycles. The molecule has 0 fully saturated rings. The third-order valence-corrected chi connectivity index (χ3v) is 2.24. The largest absolute Gasteiger partial charge is 0.480 e. The summed E-state index contributed by atoms with van der Waals surface area (Å²) in [4.78, 5) is 25.9. The van der Waals surface area contributed by atoms with Gasteiger partial charge in [-0.3, -0.25) is 4.79 Å². The Balaban J connectivity index is 2.71. The SMILES string of the molecule is O=C(N[C@H](CO)C(=O)O)c1ccc(Br)nc1. The van der Waals surface area contributed by atoms with Crippen LogP contribution in [-0.4, -0.2) is 39.7 Å². The van der Waals surface area contributed by atoms with Crippen LogP contribution in [0.4, 0.5) is 0 Å². The Morgan fingerprint density at radius 2 is 2.19 bits per heavy atom. The average Bonchev–Trinajstić information content (AvgIpc) is 2.26. The molecule has 1 aromatic rings. The van der Waals surface area contributed by atoms with Gasteiger partial charge in [-0.05, 0) is 28.1 Å². The lowest BCUT2D eigenvalue weighted by atomic mass is 10.2. The molecule has 16 heavy (non-hydrogen) atoms. The number of amides is 1. The molecule has 0 saturated carbocycles. The van der Waals surface area contributed by atoms with E-state index in [0.29, 0.717) is 4.60 Å². The average molecular weight is 289 g/mol. The smallest absolute Gasteiger partial charge is 0.328 e. The van der Waals surface area contributed by atoms with Crippen LogP contribution >= 0.6 is 15.9 Å². The molecule has 0 bridgehead atoms. The van der Waals surface area contributed by atoms with E-state index in [1.807, 2.05) is 0 Å². The fourth-order valence-corrected chi connectivity index (χ4v) is 1.17. The molecule has 1 atom stereocenters. The Kier molecular flexibility index (Phi) is 4.39. The standard InChI is InChI=1S/C9H9BrN2O4/c10-7-2-1-5(3-11-7)8(14)12-6(4-13)9(15)16/h1-3,6,13H,4H2,(H,12,14)(H,15,16)/t6-/m1/s1. The van der Waals surface area contributed by atoms with Crippen molar-refractivity contribution in [1.82, 2.24) is 10.3 Å². The van der Waals surface area contributed by atoms with E-state index in [1.54, 1.807) is 6.07 Å². The van der Waals surface area contributed by atoms with E-state index >= 15 is 0 Å². The van der Waals surface area contributed by atoms with E-state index in [-0.39, 0.29) is 5.56 Å². The molecule has 86 valence electrons. The fraction of sp³-hybridized carbons (Fsp3) is 0.222. The van der Waals surface area contributed by atoms with Crippen molar-refractivity contribution in [3.63, 3.8) is 0 Å². The van der Waals surface area contributed by atoms with Crippen molar-refractivity contribution in [3.8, 4) is 0 Å². The minimum Gasteiger partial charge on any atom is -0.480 e. The molecule has 0 saturated heterocycles. The molecule has 1 heterocycles. The number of aromatic nitrogens is 1. The molecule has 6 nitrogen and oxygen atoms in total. The quantitative estimate of drug-likeness (QED) is 0.679. The first-order valence-corrected chi connectivity index (χ1v) is 5.10. The van der Waals surface area contributed by atoms with E-state index in [4.69, 9.17) is 10.2 Å². The molecule has 0 aliphatic heterocycles. The fourth-order valence-electron chi connectivity index (χ4n) is 0.937. The minimum atomic E-state index is -1.31. The third-order valence-electron chi connectivity index (χ3n) is 1.78. The summed E-state index contributed by atoms with van der Waals surface area (Å²) in [6.07, 6.45) is 1.30. The van der Waals surface area contributed by atoms with Crippen molar-refractivity contribution in [2.24, 2.45) is 0 Å². The number of pyridine rings is 1. The first kappa shape index (κ1) is 12.6. The number of rotatable bonds is 4. The van der Waals surface area contributed by atoms with Gasteiger partial charge in [-0.25, -0.2) is 9.78 Å². The molecule has 1 amide bonds. The van der Waals surface area contributed by atoms with E-state index in [2.05, 4.69) is 26.2 Å². The van der Waals surface area contributed by atoms with Gasteiger partial charge in [-0.15, -0.1) is 0 Å². The minimum absolute atomic E-state index is 0.225. The second-order valence-corrected chi connectivity index (χ2v) is 3.73. The van der Waals surface area contributed by atoms with E-state index in [1.165, 1.54) is 12.3 Å². The number of carbonyl (C=O) groups is 2. The number of nitrogens with zero attached hydrogens (tertiary/aromatic N) is 1. The lowest BCUT2D eigenvalue weighted by Gasteiger charge is -2.11. The van der Waals surface area contributed by atoms with Gasteiger partial charge in [0.2, 0.25) is 0 Å². The summed E-state index contributed by atoms with van der Waals surface area (Å²) in [5, 5.41) is 19.5. The van der Waals surface area contributed by atoms with Crippen molar-refractivity contribution < 1.29 is 19.8 Å². The Morgan fingerprint density at radius 3 is 2.62 bits per heavy atom. The van der Waals surface area contributed by atoms with Crippen LogP contribution in [0, 0.1) is 0 Å². The normalized spacial score (nSPS) is 11.9. The number of nitrogens with one attached hydrogen (secondary N) is 1. The highest BCUT2D eigenvalue weighted by Gasteiger charge is 2.19. The molecule has 7 heteroatoms. The molecular formula is C9H9BrN2O4. The van der Waals surface area contributed by atoms with Gasteiger partial charge in [0.05, 0.1) is 12.2 Å². The highest BCUT2D eigenvalue weighted by molar-refractivity contribution is 9.10. The van der Waals surface area contributed by atoms with Gasteiger partial charge in [-0.1, -0.05) is 0 Å². The maximum absolute atomic E-state index is 11.5. The lowest BCUT2D eigenvalue weighted by Crippen LogP contribution is -2.43. The first-order valence-electron chi connectivity index (χ1n) is 4.30. The van der Waals surface area contributed by atoms with Crippen LogP contribution in [-0.2, 0) is 4.79 Å². The maximum atomic E-state index is 11.5. The molecule has 1 aromatic heterocycles. The maximum Gasteiger partial charge on any atom is 0.328 e. The summed E-state index contributed by atoms with van der Waals surface area (Å²) in [6, 6.07) is 1.74. The van der Waals surface area contributed by atoms with Gasteiger partial charge in [0.1, 0.15) is 4.60 Å². The number of hydrogen-bond donors (Lipinski definition) is 3. The highest BCUT2D eigenvalue weighted by Crippen LogP contribution is 2.06. The Hall–Kier alpha value is -1.47. The molecule has 0 unspecified atom stereocenters. The Bertz CT molecular complexity index is 393. The molecule has 0 radical (unpaired) electrons. The van der Waals surface area contributed by atoms with Crippen LogP contribution in [0.15, 0.2) is 22.9 Å². The number of aliphatic carboxylic acids is 1. The zero-order chi connectivity index (χ0) is 12.1. The van der Waals surface area contributed by atoms with Crippen LogP contribution in [0.3, 0.4) is 0 Å². The third kappa shape index (κ3) is 3.28. The van der Waals surface area contributed by atoms with E-state index in [9.17, 15) is 9.59 Å². The summed E-state index contributed by atoms with van der Waals surface area (Å²) in [5.41, 5.74) is 0.225. The highest BCUT2D eigenvalue weighted by atomic mass is 79.9. The van der Waals surface area contributed by atoms with E-state index in [0.717, 1.165) is 0 Å². The zero-order valence-corrected chi connectivity index (χ0v) is 9.64. The van der Waals surface area contributed by atoms with Crippen molar-refractivity contribution in [1.29, 1.82) is 0 Å². The molecule has 1 rings (SSSR count). The number of aliphatic hydroxyl groups is 1. The number of carboxylic acid groups (broad SMARTS) is 1. The van der Waals surface area contributed by atoms with Crippen molar-refractivity contribution in [3.05, 3.63) is 28.5 Å². The first-order chi connectivity index (χ1) is 7.54. The molecule has 0 spiro atoms. The van der Waals surface area contributed by atoms with E-state index < -0.39 is 24.5 Å². The van der Waals surface area contributed by atoms with Crippen molar-refractivity contribution in [2.75, 3.05) is 6.61 Å². The summed E-state index contributed by atoms with van der Waals surface area (Å²) in [7, 11) is 0.